The van der Waals surface area contributed by atoms with Crippen molar-refractivity contribution in [1.29, 1.82) is 0 Å². The molecule has 0 bridgehead atoms. The first-order chi connectivity index (χ1) is 12.8. The van der Waals surface area contributed by atoms with Crippen molar-refractivity contribution in [3.63, 3.8) is 0 Å². The van der Waals surface area contributed by atoms with Crippen LogP contribution in [0.25, 0.3) is 0 Å². The molecule has 0 amide bonds. The topological polar surface area (TPSA) is 64.6 Å². The van der Waals surface area contributed by atoms with Gasteiger partial charge in [-0.2, -0.15) is 0 Å². The molecule has 0 aromatic heterocycles. The highest BCUT2D eigenvalue weighted by atomic mass is 32.2. The number of benzene rings is 2. The zero-order valence-electron chi connectivity index (χ0n) is 16.3. The van der Waals surface area contributed by atoms with E-state index in [-0.39, 0.29) is 5.41 Å². The number of ether oxygens (including phenoxy) is 2. The van der Waals surface area contributed by atoms with Crippen LogP contribution in [0.5, 0.6) is 11.5 Å². The highest BCUT2D eigenvalue weighted by Crippen LogP contribution is 2.49. The average Bonchev–Trinajstić information content (AvgIpc) is 3.47. The fourth-order valence-corrected chi connectivity index (χ4v) is 4.36. The van der Waals surface area contributed by atoms with Crippen LogP contribution in [0.4, 0.5) is 0 Å². The van der Waals surface area contributed by atoms with Crippen LogP contribution in [0.15, 0.2) is 47.4 Å². The Bertz CT molecular complexity index is 900. The summed E-state index contributed by atoms with van der Waals surface area (Å²) in [6.07, 6.45) is 1.88. The van der Waals surface area contributed by atoms with E-state index in [9.17, 15) is 8.42 Å². The van der Waals surface area contributed by atoms with Crippen molar-refractivity contribution in [3.8, 4) is 11.5 Å². The van der Waals surface area contributed by atoms with E-state index >= 15 is 0 Å². The third-order valence-corrected chi connectivity index (χ3v) is 6.72. The summed E-state index contributed by atoms with van der Waals surface area (Å²) in [7, 11) is -0.336. The molecule has 0 saturated heterocycles. The number of hydrogen-bond donors (Lipinski definition) is 1. The van der Waals surface area contributed by atoms with Crippen LogP contribution in [0, 0.1) is 0 Å². The highest BCUT2D eigenvalue weighted by molar-refractivity contribution is 7.89. The van der Waals surface area contributed by atoms with Gasteiger partial charge < -0.3 is 9.47 Å². The van der Waals surface area contributed by atoms with Crippen LogP contribution in [-0.2, 0) is 15.4 Å². The number of rotatable bonds is 8. The van der Waals surface area contributed by atoms with E-state index in [1.54, 1.807) is 26.4 Å². The van der Waals surface area contributed by atoms with Gasteiger partial charge in [0.05, 0.1) is 19.1 Å². The molecule has 0 aliphatic heterocycles. The Morgan fingerprint density at radius 2 is 1.63 bits per heavy atom. The molecule has 2 aromatic carbocycles. The Hall–Kier alpha value is -2.05. The van der Waals surface area contributed by atoms with Crippen LogP contribution in [0.1, 0.15) is 43.7 Å². The van der Waals surface area contributed by atoms with E-state index in [4.69, 9.17) is 9.47 Å². The Kier molecular flexibility index (Phi) is 5.49. The smallest absolute Gasteiger partial charge is 0.240 e. The normalized spacial score (nSPS) is 15.6. The maximum Gasteiger partial charge on any atom is 0.240 e. The fourth-order valence-electron chi connectivity index (χ4n) is 3.23. The molecular formula is C21H27NO4S. The SMILES string of the molecule is COc1ccc(C2(CNS(=O)(=O)c3ccc(C(C)C)cc3)CC2)cc1OC. The monoisotopic (exact) mass is 389 g/mol. The molecule has 0 unspecified atom stereocenters. The lowest BCUT2D eigenvalue weighted by molar-refractivity contribution is 0.354. The third-order valence-electron chi connectivity index (χ3n) is 5.31. The van der Waals surface area contributed by atoms with E-state index in [1.807, 2.05) is 30.3 Å². The molecule has 5 nitrogen and oxygen atoms in total. The molecule has 0 heterocycles. The van der Waals surface area contributed by atoms with Crippen LogP contribution in [-0.4, -0.2) is 29.2 Å². The van der Waals surface area contributed by atoms with Gasteiger partial charge in [-0.15, -0.1) is 0 Å². The second-order valence-electron chi connectivity index (χ2n) is 7.40. The van der Waals surface area contributed by atoms with E-state index in [0.717, 1.165) is 24.0 Å². The summed E-state index contributed by atoms with van der Waals surface area (Å²) in [5.74, 6) is 1.70. The fraction of sp³-hybridized carbons (Fsp3) is 0.429. The standard InChI is InChI=1S/C21H27NO4S/c1-15(2)16-5-8-18(9-6-16)27(23,24)22-14-21(11-12-21)17-7-10-19(25-3)20(13-17)26-4/h5-10,13,15,22H,11-12,14H2,1-4H3. The zero-order valence-corrected chi connectivity index (χ0v) is 17.1. The predicted octanol–water partition coefficient (Wildman–Crippen LogP) is 3.84. The predicted molar refractivity (Wildman–Crippen MR) is 106 cm³/mol. The molecule has 0 radical (unpaired) electrons. The van der Waals surface area contributed by atoms with Gasteiger partial charge in [-0.1, -0.05) is 32.0 Å². The molecule has 0 spiro atoms. The molecule has 1 fully saturated rings. The van der Waals surface area contributed by atoms with Gasteiger partial charge >= 0.3 is 0 Å². The van der Waals surface area contributed by atoms with Gasteiger partial charge in [0.15, 0.2) is 11.5 Å². The van der Waals surface area contributed by atoms with E-state index in [1.165, 1.54) is 0 Å². The summed E-state index contributed by atoms with van der Waals surface area (Å²) < 4.78 is 38.8. The summed E-state index contributed by atoms with van der Waals surface area (Å²) >= 11 is 0. The Morgan fingerprint density at radius 3 is 2.15 bits per heavy atom. The molecule has 146 valence electrons. The van der Waals surface area contributed by atoms with Gasteiger partial charge in [0.2, 0.25) is 10.0 Å². The molecule has 0 atom stereocenters. The molecule has 3 rings (SSSR count). The quantitative estimate of drug-likeness (QED) is 0.745. The van der Waals surface area contributed by atoms with Crippen molar-refractivity contribution in [1.82, 2.24) is 4.72 Å². The minimum atomic E-state index is -3.54. The molecule has 1 aliphatic carbocycles. The first-order valence-electron chi connectivity index (χ1n) is 9.13. The summed E-state index contributed by atoms with van der Waals surface area (Å²) in [6.45, 7) is 4.54. The molecule has 2 aromatic rings. The van der Waals surface area contributed by atoms with E-state index in [2.05, 4.69) is 18.6 Å². The van der Waals surface area contributed by atoms with Crippen molar-refractivity contribution in [3.05, 3.63) is 53.6 Å². The molecule has 1 saturated carbocycles. The van der Waals surface area contributed by atoms with Gasteiger partial charge in [0, 0.05) is 12.0 Å². The highest BCUT2D eigenvalue weighted by Gasteiger charge is 2.45. The van der Waals surface area contributed by atoms with Gasteiger partial charge in [0.25, 0.3) is 0 Å². The number of nitrogens with one attached hydrogen (secondary N) is 1. The third kappa shape index (κ3) is 4.12. The molecule has 6 heteroatoms. The minimum Gasteiger partial charge on any atom is -0.493 e. The van der Waals surface area contributed by atoms with Crippen molar-refractivity contribution in [2.75, 3.05) is 20.8 Å². The molecule has 1 N–H and O–H groups in total. The summed E-state index contributed by atoms with van der Waals surface area (Å²) in [5, 5.41) is 0. The Morgan fingerprint density at radius 1 is 1.00 bits per heavy atom. The molecule has 1 aliphatic rings. The lowest BCUT2D eigenvalue weighted by Gasteiger charge is -2.19. The second kappa shape index (κ2) is 7.52. The number of sulfonamides is 1. The first-order valence-corrected chi connectivity index (χ1v) is 10.6. The second-order valence-corrected chi connectivity index (χ2v) is 9.17. The average molecular weight is 390 g/mol. The van der Waals surface area contributed by atoms with Crippen molar-refractivity contribution in [2.45, 2.75) is 42.9 Å². The maximum atomic E-state index is 12.7. The summed E-state index contributed by atoms with van der Waals surface area (Å²) in [4.78, 5) is 0.301. The number of methoxy groups -OCH3 is 2. The first kappa shape index (κ1) is 19.7. The van der Waals surface area contributed by atoms with Gasteiger partial charge in [0.1, 0.15) is 0 Å². The maximum absolute atomic E-state index is 12.7. The van der Waals surface area contributed by atoms with Crippen LogP contribution in [0.2, 0.25) is 0 Å². The molecular weight excluding hydrogens is 362 g/mol. The van der Waals surface area contributed by atoms with Crippen molar-refractivity contribution < 1.29 is 17.9 Å². The minimum absolute atomic E-state index is 0.176. The molecule has 27 heavy (non-hydrogen) atoms. The van der Waals surface area contributed by atoms with Gasteiger partial charge in [-0.25, -0.2) is 13.1 Å². The summed E-state index contributed by atoms with van der Waals surface area (Å²) in [6, 6.07) is 12.9. The van der Waals surface area contributed by atoms with Gasteiger partial charge in [-0.05, 0) is 54.2 Å². The van der Waals surface area contributed by atoms with Crippen LogP contribution < -0.4 is 14.2 Å². The largest absolute Gasteiger partial charge is 0.493 e. The summed E-state index contributed by atoms with van der Waals surface area (Å²) in [5.41, 5.74) is 2.01. The van der Waals surface area contributed by atoms with Crippen LogP contribution >= 0.6 is 0 Å². The Labute approximate surface area is 161 Å². The number of hydrogen-bond acceptors (Lipinski definition) is 4. The Balaban J connectivity index is 1.75. The van der Waals surface area contributed by atoms with E-state index in [0.29, 0.717) is 28.9 Å². The van der Waals surface area contributed by atoms with Crippen molar-refractivity contribution >= 4 is 10.0 Å². The zero-order chi connectivity index (χ0) is 19.7. The van der Waals surface area contributed by atoms with Crippen molar-refractivity contribution in [2.24, 2.45) is 0 Å². The van der Waals surface area contributed by atoms with Gasteiger partial charge in [-0.3, -0.25) is 0 Å². The van der Waals surface area contributed by atoms with Crippen LogP contribution in [0.3, 0.4) is 0 Å². The lowest BCUT2D eigenvalue weighted by Crippen LogP contribution is -2.32. The van der Waals surface area contributed by atoms with E-state index < -0.39 is 10.0 Å². The lowest BCUT2D eigenvalue weighted by atomic mass is 9.96.